The van der Waals surface area contributed by atoms with Crippen LogP contribution in [0.5, 0.6) is 0 Å². The van der Waals surface area contributed by atoms with Gasteiger partial charge in [0.05, 0.1) is 19.8 Å². The quantitative estimate of drug-likeness (QED) is 0.407. The molecule has 0 aromatic heterocycles. The Balaban J connectivity index is 3.33. The van der Waals surface area contributed by atoms with E-state index in [0.29, 0.717) is 26.2 Å². The van der Waals surface area contributed by atoms with E-state index in [1.807, 2.05) is 0 Å². The highest BCUT2D eigenvalue weighted by atomic mass is 16.6. The molecule has 0 rings (SSSR count). The molecule has 0 aliphatic heterocycles. The van der Waals surface area contributed by atoms with Crippen molar-refractivity contribution in [2.24, 2.45) is 0 Å². The number of carbonyl (C=O) groups is 2. The van der Waals surface area contributed by atoms with E-state index in [0.717, 1.165) is 19.3 Å². The molecule has 0 aliphatic rings. The van der Waals surface area contributed by atoms with Gasteiger partial charge in [0, 0.05) is 6.42 Å². The van der Waals surface area contributed by atoms with Gasteiger partial charge in [-0.25, -0.2) is 4.79 Å². The lowest BCUT2D eigenvalue weighted by molar-refractivity contribution is -0.161. The van der Waals surface area contributed by atoms with Gasteiger partial charge in [-0.1, -0.05) is 19.8 Å². The molecule has 0 fully saturated rings. The molecule has 6 nitrogen and oxygen atoms in total. The first-order valence-corrected chi connectivity index (χ1v) is 7.88. The summed E-state index contributed by atoms with van der Waals surface area (Å²) in [4.78, 5) is 22.6. The van der Waals surface area contributed by atoms with E-state index >= 15 is 0 Å². The third-order valence-electron chi connectivity index (χ3n) is 2.49. The molecule has 0 spiro atoms. The number of esters is 2. The Morgan fingerprint density at radius 2 is 1.50 bits per heavy atom. The molecule has 130 valence electrons. The van der Waals surface area contributed by atoms with Crippen LogP contribution in [-0.4, -0.2) is 50.6 Å². The second-order valence-electron chi connectivity index (χ2n) is 5.93. The molecule has 0 N–H and O–H groups in total. The Hall–Kier alpha value is -1.14. The molecule has 0 unspecified atom stereocenters. The number of unbranched alkanes of at least 4 members (excludes halogenated alkanes) is 2. The van der Waals surface area contributed by atoms with Crippen molar-refractivity contribution in [2.45, 2.75) is 59.0 Å². The highest BCUT2D eigenvalue weighted by molar-refractivity contribution is 5.71. The molecule has 0 amide bonds. The first kappa shape index (κ1) is 20.9. The Kier molecular flexibility index (Phi) is 11.8. The molecular weight excluding hydrogens is 288 g/mol. The minimum atomic E-state index is -0.502. The van der Waals surface area contributed by atoms with Gasteiger partial charge in [-0.3, -0.25) is 4.79 Å². The van der Waals surface area contributed by atoms with E-state index in [1.165, 1.54) is 0 Å². The van der Waals surface area contributed by atoms with Crippen molar-refractivity contribution in [3.8, 4) is 0 Å². The molecule has 0 aromatic carbocycles. The van der Waals surface area contributed by atoms with Crippen LogP contribution in [0.25, 0.3) is 0 Å². The molecule has 0 radical (unpaired) electrons. The average molecular weight is 318 g/mol. The molecule has 6 heteroatoms. The second kappa shape index (κ2) is 12.4. The van der Waals surface area contributed by atoms with E-state index in [1.54, 1.807) is 20.8 Å². The fraction of sp³-hybridized carbons (Fsp3) is 0.875. The summed E-state index contributed by atoms with van der Waals surface area (Å²) in [6, 6.07) is 0. The smallest absolute Gasteiger partial charge is 0.332 e. The lowest BCUT2D eigenvalue weighted by Gasteiger charge is -2.19. The zero-order valence-corrected chi connectivity index (χ0v) is 14.3. The Morgan fingerprint density at radius 3 is 2.14 bits per heavy atom. The number of hydrogen-bond donors (Lipinski definition) is 0. The number of ether oxygens (including phenoxy) is 4. The summed E-state index contributed by atoms with van der Waals surface area (Å²) in [5.41, 5.74) is -0.502. The summed E-state index contributed by atoms with van der Waals surface area (Å²) in [5, 5.41) is 0. The van der Waals surface area contributed by atoms with Gasteiger partial charge in [-0.05, 0) is 27.2 Å². The zero-order valence-electron chi connectivity index (χ0n) is 14.3. The standard InChI is InChI=1S/C16H30O6/c1-5-6-7-8-14(17)21-12-11-19-9-10-20-13-15(18)22-16(2,3)4/h5-13H2,1-4H3. The number of hydrogen-bond acceptors (Lipinski definition) is 6. The lowest BCUT2D eigenvalue weighted by atomic mass is 10.2. The predicted molar refractivity (Wildman–Crippen MR) is 82.6 cm³/mol. The van der Waals surface area contributed by atoms with Crippen LogP contribution in [-0.2, 0) is 28.5 Å². The van der Waals surface area contributed by atoms with Crippen LogP contribution in [0.2, 0.25) is 0 Å². The van der Waals surface area contributed by atoms with Crippen molar-refractivity contribution in [3.63, 3.8) is 0 Å². The zero-order chi connectivity index (χ0) is 16.8. The van der Waals surface area contributed by atoms with Gasteiger partial charge < -0.3 is 18.9 Å². The van der Waals surface area contributed by atoms with Crippen molar-refractivity contribution in [3.05, 3.63) is 0 Å². The molecule has 0 aliphatic carbocycles. The second-order valence-corrected chi connectivity index (χ2v) is 5.93. The van der Waals surface area contributed by atoms with Crippen LogP contribution in [0, 0.1) is 0 Å². The van der Waals surface area contributed by atoms with Crippen LogP contribution >= 0.6 is 0 Å². The first-order valence-electron chi connectivity index (χ1n) is 7.88. The summed E-state index contributed by atoms with van der Waals surface area (Å²) in [7, 11) is 0. The van der Waals surface area contributed by atoms with Crippen LogP contribution in [0.15, 0.2) is 0 Å². The van der Waals surface area contributed by atoms with Gasteiger partial charge >= 0.3 is 11.9 Å². The fourth-order valence-electron chi connectivity index (χ4n) is 1.55. The number of carbonyl (C=O) groups excluding carboxylic acids is 2. The largest absolute Gasteiger partial charge is 0.463 e. The van der Waals surface area contributed by atoms with Gasteiger partial charge in [0.1, 0.15) is 18.8 Å². The van der Waals surface area contributed by atoms with E-state index in [9.17, 15) is 9.59 Å². The minimum absolute atomic E-state index is 0.0902. The van der Waals surface area contributed by atoms with Gasteiger partial charge in [0.15, 0.2) is 0 Å². The summed E-state index contributed by atoms with van der Waals surface area (Å²) in [6.45, 7) is 8.62. The highest BCUT2D eigenvalue weighted by Gasteiger charge is 2.15. The van der Waals surface area contributed by atoms with E-state index in [2.05, 4.69) is 6.92 Å². The fourth-order valence-corrected chi connectivity index (χ4v) is 1.55. The summed E-state index contributed by atoms with van der Waals surface area (Å²) < 4.78 is 20.5. The minimum Gasteiger partial charge on any atom is -0.463 e. The van der Waals surface area contributed by atoms with E-state index in [4.69, 9.17) is 18.9 Å². The van der Waals surface area contributed by atoms with Crippen LogP contribution in [0.3, 0.4) is 0 Å². The van der Waals surface area contributed by atoms with Crippen molar-refractivity contribution in [2.75, 3.05) is 33.0 Å². The SMILES string of the molecule is CCCCCC(=O)OCCOCCOCC(=O)OC(C)(C)C. The Bertz CT molecular complexity index is 308. The van der Waals surface area contributed by atoms with Gasteiger partial charge in [0.25, 0.3) is 0 Å². The number of rotatable bonds is 12. The van der Waals surface area contributed by atoms with Crippen LogP contribution in [0.4, 0.5) is 0 Å². The molecule has 0 bridgehead atoms. The van der Waals surface area contributed by atoms with Crippen molar-refractivity contribution in [1.29, 1.82) is 0 Å². The van der Waals surface area contributed by atoms with Gasteiger partial charge in [-0.2, -0.15) is 0 Å². The van der Waals surface area contributed by atoms with Gasteiger partial charge in [0.2, 0.25) is 0 Å². The summed E-state index contributed by atoms with van der Waals surface area (Å²) >= 11 is 0. The molecule has 22 heavy (non-hydrogen) atoms. The third-order valence-corrected chi connectivity index (χ3v) is 2.49. The third kappa shape index (κ3) is 15.3. The van der Waals surface area contributed by atoms with Gasteiger partial charge in [-0.15, -0.1) is 0 Å². The molecule has 0 aromatic rings. The molecule has 0 saturated heterocycles. The highest BCUT2D eigenvalue weighted by Crippen LogP contribution is 2.06. The monoisotopic (exact) mass is 318 g/mol. The van der Waals surface area contributed by atoms with Crippen molar-refractivity contribution < 1.29 is 28.5 Å². The Labute approximate surface area is 133 Å². The van der Waals surface area contributed by atoms with Crippen molar-refractivity contribution in [1.82, 2.24) is 0 Å². The Morgan fingerprint density at radius 1 is 0.864 bits per heavy atom. The van der Waals surface area contributed by atoms with Crippen molar-refractivity contribution >= 4 is 11.9 Å². The van der Waals surface area contributed by atoms with Crippen LogP contribution in [0.1, 0.15) is 53.4 Å². The summed E-state index contributed by atoms with van der Waals surface area (Å²) in [5.74, 6) is -0.577. The predicted octanol–water partition coefficient (Wildman–Crippen LogP) is 2.48. The first-order chi connectivity index (χ1) is 10.3. The van der Waals surface area contributed by atoms with Crippen LogP contribution < -0.4 is 0 Å². The molecule has 0 atom stereocenters. The topological polar surface area (TPSA) is 71.1 Å². The molecule has 0 saturated carbocycles. The van der Waals surface area contributed by atoms with E-state index in [-0.39, 0.29) is 19.2 Å². The summed E-state index contributed by atoms with van der Waals surface area (Å²) in [6.07, 6.45) is 3.46. The van der Waals surface area contributed by atoms with E-state index < -0.39 is 11.6 Å². The molecule has 0 heterocycles. The average Bonchev–Trinajstić information content (AvgIpc) is 2.40. The normalized spacial score (nSPS) is 11.3. The lowest BCUT2D eigenvalue weighted by Crippen LogP contribution is -2.27. The molecular formula is C16H30O6. The maximum Gasteiger partial charge on any atom is 0.332 e. The maximum atomic E-state index is 11.3. The maximum absolute atomic E-state index is 11.3.